The number of hydrogen-bond acceptors (Lipinski definition) is 6. The first kappa shape index (κ1) is 21.6. The first-order valence-corrected chi connectivity index (χ1v) is 7.23. The molecule has 0 aromatic heterocycles. The van der Waals surface area contributed by atoms with Crippen molar-refractivity contribution in [3.8, 4) is 0 Å². The van der Waals surface area contributed by atoms with Crippen LogP contribution in [0.2, 0.25) is 0 Å². The summed E-state index contributed by atoms with van der Waals surface area (Å²) in [5.41, 5.74) is 14.6. The Hall–Kier alpha value is -2.74. The SMILES string of the molecule is O=C1C=CC=CC1=O.[N-]=[N+]=NS(=O)(=O)O.[N-]=[N+]=NS(=O)(=O)O. The molecule has 1 aliphatic carbocycles. The van der Waals surface area contributed by atoms with Crippen LogP contribution in [0.4, 0.5) is 0 Å². The number of ketones is 2. The van der Waals surface area contributed by atoms with E-state index in [0.717, 1.165) is 0 Å². The van der Waals surface area contributed by atoms with Crippen molar-refractivity contribution in [1.82, 2.24) is 0 Å². The lowest BCUT2D eigenvalue weighted by atomic mass is 10.1. The summed E-state index contributed by atoms with van der Waals surface area (Å²) in [6, 6.07) is 0. The molecular formula is C6H6N6O8S2. The average Bonchev–Trinajstić information content (AvgIpc) is 2.31. The molecule has 0 aromatic rings. The fourth-order valence-corrected chi connectivity index (χ4v) is 0.727. The number of carbonyl (C=O) groups is 2. The Morgan fingerprint density at radius 1 is 0.818 bits per heavy atom. The molecule has 22 heavy (non-hydrogen) atoms. The second kappa shape index (κ2) is 10.1. The van der Waals surface area contributed by atoms with Gasteiger partial charge < -0.3 is 0 Å². The summed E-state index contributed by atoms with van der Waals surface area (Å²) in [5.74, 6) is -0.875. The Labute approximate surface area is 122 Å². The molecular weight excluding hydrogens is 348 g/mol. The van der Waals surface area contributed by atoms with Crippen LogP contribution >= 0.6 is 0 Å². The van der Waals surface area contributed by atoms with Gasteiger partial charge in [0.15, 0.2) is 0 Å². The summed E-state index contributed by atoms with van der Waals surface area (Å²) in [4.78, 5) is 24.2. The summed E-state index contributed by atoms with van der Waals surface area (Å²) in [6.45, 7) is 0. The van der Waals surface area contributed by atoms with Crippen LogP contribution in [-0.2, 0) is 30.2 Å². The number of hydrogen-bond donors (Lipinski definition) is 2. The van der Waals surface area contributed by atoms with Gasteiger partial charge >= 0.3 is 20.6 Å². The monoisotopic (exact) mass is 354 g/mol. The highest BCUT2D eigenvalue weighted by molar-refractivity contribution is 7.84. The lowest BCUT2D eigenvalue weighted by molar-refractivity contribution is -0.131. The van der Waals surface area contributed by atoms with E-state index < -0.39 is 32.2 Å². The first-order valence-electron chi connectivity index (χ1n) is 4.43. The van der Waals surface area contributed by atoms with Crippen LogP contribution in [0.3, 0.4) is 0 Å². The minimum atomic E-state index is -4.47. The van der Waals surface area contributed by atoms with Crippen molar-refractivity contribution >= 4 is 32.2 Å². The van der Waals surface area contributed by atoms with E-state index in [-0.39, 0.29) is 0 Å². The predicted octanol–water partition coefficient (Wildman–Crippen LogP) is 0.450. The van der Waals surface area contributed by atoms with Gasteiger partial charge in [0.2, 0.25) is 11.6 Å². The maximum atomic E-state index is 10.3. The lowest BCUT2D eigenvalue weighted by Gasteiger charge is -1.88. The van der Waals surface area contributed by atoms with E-state index in [1.165, 1.54) is 12.2 Å². The molecule has 0 unspecified atom stereocenters. The van der Waals surface area contributed by atoms with E-state index in [1.54, 1.807) is 22.0 Å². The van der Waals surface area contributed by atoms with E-state index in [1.807, 2.05) is 9.04 Å². The third-order valence-corrected chi connectivity index (χ3v) is 1.69. The Morgan fingerprint density at radius 2 is 1.09 bits per heavy atom. The van der Waals surface area contributed by atoms with Crippen LogP contribution in [0.25, 0.3) is 20.9 Å². The molecule has 0 amide bonds. The van der Waals surface area contributed by atoms with Gasteiger partial charge in [0.25, 0.3) is 0 Å². The Bertz CT molecular complexity index is 713. The zero-order chi connectivity index (χ0) is 17.8. The minimum absolute atomic E-state index is 0.437. The highest BCUT2D eigenvalue weighted by Gasteiger charge is 2.06. The standard InChI is InChI=1S/C6H4O2.2HN3O3S/c7-5-3-1-2-4-6(5)8;2*1-2-3-7(4,5)6/h1-4H;2*(H,4,5,6). The number of azide groups is 2. The van der Waals surface area contributed by atoms with Crippen molar-refractivity contribution in [2.45, 2.75) is 0 Å². The van der Waals surface area contributed by atoms with Crippen molar-refractivity contribution in [3.63, 3.8) is 0 Å². The van der Waals surface area contributed by atoms with Gasteiger partial charge in [-0.05, 0) is 23.2 Å². The molecule has 0 aliphatic heterocycles. The molecule has 2 N–H and O–H groups in total. The van der Waals surface area contributed by atoms with E-state index in [0.29, 0.717) is 0 Å². The third-order valence-electron chi connectivity index (χ3n) is 1.13. The molecule has 16 heteroatoms. The second-order valence-electron chi connectivity index (χ2n) is 2.68. The fourth-order valence-electron chi connectivity index (χ4n) is 0.542. The molecule has 0 fully saturated rings. The van der Waals surface area contributed by atoms with E-state index in [2.05, 4.69) is 0 Å². The number of rotatable bonds is 2. The van der Waals surface area contributed by atoms with Crippen molar-refractivity contribution in [1.29, 1.82) is 0 Å². The van der Waals surface area contributed by atoms with Crippen molar-refractivity contribution in [3.05, 3.63) is 45.2 Å². The van der Waals surface area contributed by atoms with Crippen molar-refractivity contribution in [2.24, 2.45) is 9.04 Å². The van der Waals surface area contributed by atoms with Gasteiger partial charge in [-0.2, -0.15) is 16.8 Å². The highest BCUT2D eigenvalue weighted by atomic mass is 32.2. The molecule has 0 bridgehead atoms. The quantitative estimate of drug-likeness (QED) is 0.175. The fraction of sp³-hybridized carbons (Fsp3) is 0. The predicted molar refractivity (Wildman–Crippen MR) is 69.7 cm³/mol. The average molecular weight is 354 g/mol. The summed E-state index contributed by atoms with van der Waals surface area (Å²) in [7, 11) is -8.93. The molecule has 0 aromatic carbocycles. The van der Waals surface area contributed by atoms with Crippen LogP contribution in [0.1, 0.15) is 0 Å². The minimum Gasteiger partial charge on any atom is -0.286 e. The number of nitrogens with zero attached hydrogens (tertiary/aromatic N) is 6. The van der Waals surface area contributed by atoms with Gasteiger partial charge in [0.1, 0.15) is 0 Å². The number of carbonyl (C=O) groups excluding carboxylic acids is 2. The van der Waals surface area contributed by atoms with Crippen molar-refractivity contribution < 1.29 is 35.5 Å². The summed E-state index contributed by atoms with van der Waals surface area (Å²) < 4.78 is 56.5. The molecule has 14 nitrogen and oxygen atoms in total. The van der Waals surface area contributed by atoms with Crippen molar-refractivity contribution in [2.75, 3.05) is 0 Å². The second-order valence-corrected chi connectivity index (χ2v) is 4.80. The van der Waals surface area contributed by atoms with Gasteiger partial charge in [-0.1, -0.05) is 12.2 Å². The van der Waals surface area contributed by atoms with Gasteiger partial charge in [0.05, 0.1) is 9.04 Å². The Balaban J connectivity index is 0. The molecule has 1 aliphatic rings. The molecule has 0 saturated carbocycles. The Morgan fingerprint density at radius 3 is 1.18 bits per heavy atom. The molecule has 0 saturated heterocycles. The topological polar surface area (TPSA) is 240 Å². The van der Waals surface area contributed by atoms with Crippen LogP contribution in [-0.4, -0.2) is 37.5 Å². The van der Waals surface area contributed by atoms with Crippen LogP contribution in [0, 0.1) is 0 Å². The summed E-state index contributed by atoms with van der Waals surface area (Å²) >= 11 is 0. The molecule has 0 spiro atoms. The van der Waals surface area contributed by atoms with Crippen LogP contribution < -0.4 is 0 Å². The third kappa shape index (κ3) is 17.3. The lowest BCUT2D eigenvalue weighted by Crippen LogP contribution is -2.08. The smallest absolute Gasteiger partial charge is 0.286 e. The maximum absolute atomic E-state index is 10.3. The molecule has 1 rings (SSSR count). The molecule has 0 heterocycles. The van der Waals surface area contributed by atoms with Gasteiger partial charge in [0, 0.05) is 9.82 Å². The van der Waals surface area contributed by atoms with E-state index in [4.69, 9.17) is 20.2 Å². The zero-order valence-electron chi connectivity index (χ0n) is 10.2. The Kier molecular flexibility index (Phi) is 9.85. The first-order chi connectivity index (χ1) is 9.93. The van der Waals surface area contributed by atoms with Gasteiger partial charge in [-0.15, -0.1) is 0 Å². The molecule has 0 radical (unpaired) electrons. The maximum Gasteiger partial charge on any atom is 0.356 e. The normalized spacial score (nSPS) is 12.6. The van der Waals surface area contributed by atoms with E-state index in [9.17, 15) is 26.4 Å². The highest BCUT2D eigenvalue weighted by Crippen LogP contribution is 1.90. The molecule has 120 valence electrons. The van der Waals surface area contributed by atoms with E-state index >= 15 is 0 Å². The van der Waals surface area contributed by atoms with Crippen LogP contribution in [0.5, 0.6) is 0 Å². The van der Waals surface area contributed by atoms with Crippen LogP contribution in [0.15, 0.2) is 33.3 Å². The largest absolute Gasteiger partial charge is 0.356 e. The summed E-state index contributed by atoms with van der Waals surface area (Å²) in [5, 5.41) is 0. The van der Waals surface area contributed by atoms with Gasteiger partial charge in [-0.3, -0.25) is 18.7 Å². The molecule has 0 atom stereocenters. The summed E-state index contributed by atoms with van der Waals surface area (Å²) in [6.07, 6.45) is 5.60. The zero-order valence-corrected chi connectivity index (χ0v) is 11.8. The van der Waals surface area contributed by atoms with Gasteiger partial charge in [-0.25, -0.2) is 0 Å². The number of allylic oxidation sites excluding steroid dienone is 4.